The number of benzene rings is 9. The molecule has 4 heteroatoms. The molecule has 0 radical (unpaired) electrons. The Kier molecular flexibility index (Phi) is 7.38. The van der Waals surface area contributed by atoms with Crippen molar-refractivity contribution in [1.82, 2.24) is 15.0 Å². The molecule has 0 fully saturated rings. The summed E-state index contributed by atoms with van der Waals surface area (Å²) >= 11 is 1.93. The highest BCUT2D eigenvalue weighted by Gasteiger charge is 2.52. The molecular formula is C54H33N3S. The summed E-state index contributed by atoms with van der Waals surface area (Å²) in [6.45, 7) is 0. The summed E-state index contributed by atoms with van der Waals surface area (Å²) in [5, 5.41) is 5.09. The van der Waals surface area contributed by atoms with Crippen molar-refractivity contribution in [1.29, 1.82) is 0 Å². The summed E-state index contributed by atoms with van der Waals surface area (Å²) in [7, 11) is 0. The van der Waals surface area contributed by atoms with Gasteiger partial charge in [0.15, 0.2) is 17.5 Å². The zero-order valence-corrected chi connectivity index (χ0v) is 32.1. The molecule has 1 aliphatic carbocycles. The fourth-order valence-corrected chi connectivity index (χ4v) is 10.9. The lowest BCUT2D eigenvalue weighted by Crippen LogP contribution is -2.32. The van der Waals surface area contributed by atoms with E-state index in [2.05, 4.69) is 140 Å². The van der Waals surface area contributed by atoms with Crippen LogP contribution in [-0.4, -0.2) is 15.0 Å². The van der Waals surface area contributed by atoms with Crippen LogP contribution in [0.1, 0.15) is 22.3 Å². The van der Waals surface area contributed by atoms with Crippen molar-refractivity contribution in [2.24, 2.45) is 0 Å². The number of rotatable bonds is 4. The van der Waals surface area contributed by atoms with E-state index in [4.69, 9.17) is 15.0 Å². The van der Waals surface area contributed by atoms with Gasteiger partial charge in [-0.2, -0.15) is 0 Å². The van der Waals surface area contributed by atoms with E-state index in [1.807, 2.05) is 72.4 Å². The second-order valence-corrected chi connectivity index (χ2v) is 16.1. The molecule has 0 saturated heterocycles. The number of hydrogen-bond acceptors (Lipinski definition) is 4. The Morgan fingerprint density at radius 1 is 0.310 bits per heavy atom. The number of aromatic nitrogens is 3. The number of hydrogen-bond donors (Lipinski definition) is 0. The van der Waals surface area contributed by atoms with Gasteiger partial charge in [-0.15, -0.1) is 0 Å². The van der Waals surface area contributed by atoms with Gasteiger partial charge in [-0.3, -0.25) is 0 Å². The largest absolute Gasteiger partial charge is 0.208 e. The van der Waals surface area contributed by atoms with Crippen LogP contribution in [0.2, 0.25) is 0 Å². The van der Waals surface area contributed by atoms with Gasteiger partial charge in [0, 0.05) is 26.5 Å². The van der Waals surface area contributed by atoms with Crippen LogP contribution in [-0.2, 0) is 5.41 Å². The van der Waals surface area contributed by atoms with Gasteiger partial charge in [-0.25, -0.2) is 15.0 Å². The third-order valence-corrected chi connectivity index (χ3v) is 13.3. The highest BCUT2D eigenvalue weighted by Crippen LogP contribution is 2.65. The molecule has 0 saturated carbocycles. The molecule has 12 rings (SSSR count). The van der Waals surface area contributed by atoms with Gasteiger partial charge in [0.05, 0.1) is 5.41 Å². The molecular weight excluding hydrogens is 723 g/mol. The third-order valence-electron chi connectivity index (χ3n) is 12.0. The second kappa shape index (κ2) is 13.0. The van der Waals surface area contributed by atoms with Crippen molar-refractivity contribution in [2.45, 2.75) is 15.2 Å². The monoisotopic (exact) mass is 755 g/mol. The normalized spacial score (nSPS) is 13.2. The smallest absolute Gasteiger partial charge is 0.164 e. The Balaban J connectivity index is 1.09. The van der Waals surface area contributed by atoms with Gasteiger partial charge in [0.2, 0.25) is 0 Å². The molecule has 0 amide bonds. The molecule has 1 aliphatic heterocycles. The Morgan fingerprint density at radius 3 is 1.34 bits per heavy atom. The van der Waals surface area contributed by atoms with Crippen LogP contribution < -0.4 is 0 Å². The van der Waals surface area contributed by atoms with Crippen LogP contribution >= 0.6 is 11.8 Å². The maximum Gasteiger partial charge on any atom is 0.164 e. The van der Waals surface area contributed by atoms with Crippen molar-refractivity contribution >= 4 is 33.3 Å². The molecule has 9 aromatic carbocycles. The molecule has 0 atom stereocenters. The van der Waals surface area contributed by atoms with Crippen LogP contribution in [0.4, 0.5) is 0 Å². The van der Waals surface area contributed by atoms with Crippen molar-refractivity contribution < 1.29 is 0 Å². The Morgan fingerprint density at radius 2 is 0.759 bits per heavy atom. The van der Waals surface area contributed by atoms with E-state index in [0.717, 1.165) is 22.3 Å². The third kappa shape index (κ3) is 4.85. The van der Waals surface area contributed by atoms with Crippen molar-refractivity contribution in [3.05, 3.63) is 222 Å². The van der Waals surface area contributed by atoms with E-state index in [9.17, 15) is 0 Å². The average Bonchev–Trinajstić information content (AvgIpc) is 3.60. The zero-order valence-electron chi connectivity index (χ0n) is 31.3. The zero-order chi connectivity index (χ0) is 38.2. The first-order valence-electron chi connectivity index (χ1n) is 19.7. The molecule has 1 spiro atoms. The predicted molar refractivity (Wildman–Crippen MR) is 238 cm³/mol. The highest BCUT2D eigenvalue weighted by molar-refractivity contribution is 8.00. The SMILES string of the molecule is c1ccc(-c2nc(-c3ccccc3)nc(-c3ccc(-c4cccc5c4C4(c6ccccc6-5)c5ccc6ccccc6c5Sc5c4ccc4ccccc54)cc3)n2)cc1. The summed E-state index contributed by atoms with van der Waals surface area (Å²) in [6.07, 6.45) is 0. The predicted octanol–water partition coefficient (Wildman–Crippen LogP) is 13.7. The van der Waals surface area contributed by atoms with Crippen LogP contribution in [0.3, 0.4) is 0 Å². The van der Waals surface area contributed by atoms with Gasteiger partial charge in [0.1, 0.15) is 0 Å². The molecule has 3 nitrogen and oxygen atoms in total. The second-order valence-electron chi connectivity index (χ2n) is 15.1. The minimum atomic E-state index is -0.547. The molecule has 0 bridgehead atoms. The van der Waals surface area contributed by atoms with Crippen molar-refractivity contribution in [2.75, 3.05) is 0 Å². The Labute approximate surface area is 340 Å². The molecule has 10 aromatic rings. The van der Waals surface area contributed by atoms with E-state index in [1.54, 1.807) is 0 Å². The van der Waals surface area contributed by atoms with Crippen LogP contribution in [0.5, 0.6) is 0 Å². The summed E-state index contributed by atoms with van der Waals surface area (Å²) in [5.74, 6) is 1.95. The minimum absolute atomic E-state index is 0.547. The van der Waals surface area contributed by atoms with Gasteiger partial charge in [-0.05, 0) is 66.1 Å². The maximum absolute atomic E-state index is 5.03. The fourth-order valence-electron chi connectivity index (χ4n) is 9.44. The van der Waals surface area contributed by atoms with Gasteiger partial charge in [0.25, 0.3) is 0 Å². The van der Waals surface area contributed by atoms with E-state index in [1.165, 1.54) is 70.3 Å². The molecule has 58 heavy (non-hydrogen) atoms. The lowest BCUT2D eigenvalue weighted by Gasteiger charge is -2.41. The summed E-state index contributed by atoms with van der Waals surface area (Å²) in [4.78, 5) is 17.6. The number of nitrogens with zero attached hydrogens (tertiary/aromatic N) is 3. The fraction of sp³-hybridized carbons (Fsp3) is 0.0185. The van der Waals surface area contributed by atoms with Crippen molar-refractivity contribution in [3.8, 4) is 56.4 Å². The van der Waals surface area contributed by atoms with E-state index < -0.39 is 5.41 Å². The first kappa shape index (κ1) is 33.0. The molecule has 2 heterocycles. The van der Waals surface area contributed by atoms with Crippen LogP contribution in [0.25, 0.3) is 78.0 Å². The van der Waals surface area contributed by atoms with E-state index >= 15 is 0 Å². The standard InChI is InChI=1S/C54H33N3S/c1-3-16-37(17-4-1)51-55-52(38-18-5-2-6-19-38)57-53(56-51)39-28-26-36(27-29-39)40-23-13-24-44-43-22-11-12-25-45(43)54(48(40)44)46-32-30-34-14-7-9-20-41(34)49(46)58-50-42-21-10-8-15-35(42)31-33-47(50)54/h1-33H. The van der Waals surface area contributed by atoms with Crippen LogP contribution in [0.15, 0.2) is 210 Å². The molecule has 1 aromatic heterocycles. The Bertz CT molecular complexity index is 3110. The first-order valence-corrected chi connectivity index (χ1v) is 20.5. The molecule has 0 N–H and O–H groups in total. The van der Waals surface area contributed by atoms with Crippen LogP contribution in [0, 0.1) is 0 Å². The average molecular weight is 756 g/mol. The quantitative estimate of drug-likeness (QED) is 0.179. The molecule has 2 aliphatic rings. The highest BCUT2D eigenvalue weighted by atomic mass is 32.2. The van der Waals surface area contributed by atoms with Crippen molar-refractivity contribution in [3.63, 3.8) is 0 Å². The lowest BCUT2D eigenvalue weighted by atomic mass is 9.65. The molecule has 270 valence electrons. The van der Waals surface area contributed by atoms with Gasteiger partial charge < -0.3 is 0 Å². The maximum atomic E-state index is 5.03. The summed E-state index contributed by atoms with van der Waals surface area (Å²) < 4.78 is 0. The topological polar surface area (TPSA) is 38.7 Å². The van der Waals surface area contributed by atoms with E-state index in [0.29, 0.717) is 17.5 Å². The Hall–Kier alpha value is -7.14. The number of fused-ring (bicyclic) bond motifs is 13. The molecule has 0 unspecified atom stereocenters. The van der Waals surface area contributed by atoms with Gasteiger partial charge in [-0.1, -0.05) is 212 Å². The summed E-state index contributed by atoms with van der Waals surface area (Å²) in [5.41, 5.74) is 12.6. The first-order chi connectivity index (χ1) is 28.8. The lowest BCUT2D eigenvalue weighted by molar-refractivity contribution is 0.731. The summed E-state index contributed by atoms with van der Waals surface area (Å²) in [6, 6.07) is 72.2. The van der Waals surface area contributed by atoms with E-state index in [-0.39, 0.29) is 0 Å². The van der Waals surface area contributed by atoms with Gasteiger partial charge >= 0.3 is 0 Å². The minimum Gasteiger partial charge on any atom is -0.208 e.